The van der Waals surface area contributed by atoms with E-state index in [-0.39, 0.29) is 6.61 Å². The predicted octanol–water partition coefficient (Wildman–Crippen LogP) is 2.35. The van der Waals surface area contributed by atoms with Crippen LogP contribution in [0.25, 0.3) is 0 Å². The normalized spacial score (nSPS) is 13.1. The molecule has 0 radical (unpaired) electrons. The second-order valence-electron chi connectivity index (χ2n) is 4.81. The fourth-order valence-corrected chi connectivity index (χ4v) is 1.74. The molecule has 0 aliphatic carbocycles. The third-order valence-corrected chi connectivity index (χ3v) is 3.00. The second kappa shape index (κ2) is 6.66. The summed E-state index contributed by atoms with van der Waals surface area (Å²) in [6, 6.07) is 8.51. The van der Waals surface area contributed by atoms with E-state index < -0.39 is 0 Å². The van der Waals surface area contributed by atoms with Crippen LogP contribution in [0.1, 0.15) is 25.0 Å². The second-order valence-corrected chi connectivity index (χ2v) is 4.81. The third kappa shape index (κ3) is 4.33. The van der Waals surface area contributed by atoms with Crippen molar-refractivity contribution in [3.05, 3.63) is 35.4 Å². The number of hydrogen-bond acceptors (Lipinski definition) is 2. The van der Waals surface area contributed by atoms with Gasteiger partial charge in [-0.15, -0.1) is 0 Å². The van der Waals surface area contributed by atoms with Crippen LogP contribution in [-0.2, 0) is 6.54 Å². The molecule has 1 unspecified atom stereocenters. The Bertz CT molecular complexity index is 309. The molecular formula is C14H23NO. The summed E-state index contributed by atoms with van der Waals surface area (Å²) in [4.78, 5) is 0. The highest BCUT2D eigenvalue weighted by Crippen LogP contribution is 2.09. The average Bonchev–Trinajstić information content (AvgIpc) is 2.24. The first kappa shape index (κ1) is 13.2. The number of aryl methyl sites for hydroxylation is 1. The molecule has 0 heterocycles. The van der Waals surface area contributed by atoms with E-state index in [2.05, 4.69) is 50.4 Å². The average molecular weight is 221 g/mol. The van der Waals surface area contributed by atoms with E-state index in [0.29, 0.717) is 11.8 Å². The first-order valence-electron chi connectivity index (χ1n) is 6.00. The van der Waals surface area contributed by atoms with Crippen molar-refractivity contribution in [1.82, 2.24) is 5.32 Å². The van der Waals surface area contributed by atoms with Crippen LogP contribution in [-0.4, -0.2) is 18.3 Å². The zero-order chi connectivity index (χ0) is 12.0. The number of rotatable bonds is 6. The van der Waals surface area contributed by atoms with E-state index in [1.165, 1.54) is 11.1 Å². The Hall–Kier alpha value is -0.860. The van der Waals surface area contributed by atoms with Crippen molar-refractivity contribution in [3.63, 3.8) is 0 Å². The maximum Gasteiger partial charge on any atom is 0.0473 e. The Morgan fingerprint density at radius 3 is 2.62 bits per heavy atom. The summed E-state index contributed by atoms with van der Waals surface area (Å²) in [6.45, 7) is 8.42. The van der Waals surface area contributed by atoms with Crippen molar-refractivity contribution >= 4 is 0 Å². The zero-order valence-electron chi connectivity index (χ0n) is 10.5. The van der Waals surface area contributed by atoms with E-state index in [4.69, 9.17) is 0 Å². The number of hydrogen-bond donors (Lipinski definition) is 2. The van der Waals surface area contributed by atoms with Crippen LogP contribution < -0.4 is 5.32 Å². The van der Waals surface area contributed by atoms with Crippen LogP contribution >= 0.6 is 0 Å². The van der Waals surface area contributed by atoms with Gasteiger partial charge in [-0.3, -0.25) is 0 Å². The maximum absolute atomic E-state index is 9.20. The van der Waals surface area contributed by atoms with Crippen LogP contribution in [0.4, 0.5) is 0 Å². The summed E-state index contributed by atoms with van der Waals surface area (Å²) in [5.41, 5.74) is 2.60. The summed E-state index contributed by atoms with van der Waals surface area (Å²) in [7, 11) is 0. The van der Waals surface area contributed by atoms with Gasteiger partial charge >= 0.3 is 0 Å². The summed E-state index contributed by atoms with van der Waals surface area (Å²) in [5.74, 6) is 0.875. The van der Waals surface area contributed by atoms with Crippen molar-refractivity contribution in [2.45, 2.75) is 27.3 Å². The molecule has 1 rings (SSSR count). The molecule has 90 valence electrons. The standard InChI is InChI=1S/C14H23NO/c1-11(2)14(10-16)9-15-8-13-6-4-5-12(3)7-13/h4-7,11,14-16H,8-10H2,1-3H3. The minimum absolute atomic E-state index is 0.262. The Morgan fingerprint density at radius 1 is 1.31 bits per heavy atom. The highest BCUT2D eigenvalue weighted by Gasteiger charge is 2.10. The lowest BCUT2D eigenvalue weighted by Gasteiger charge is -2.18. The molecule has 0 saturated heterocycles. The fraction of sp³-hybridized carbons (Fsp3) is 0.571. The molecule has 16 heavy (non-hydrogen) atoms. The molecule has 0 fully saturated rings. The lowest BCUT2D eigenvalue weighted by Crippen LogP contribution is -2.28. The Balaban J connectivity index is 2.35. The number of nitrogens with one attached hydrogen (secondary N) is 1. The first-order chi connectivity index (χ1) is 7.63. The van der Waals surface area contributed by atoms with Gasteiger partial charge in [0, 0.05) is 19.7 Å². The molecule has 0 aliphatic rings. The number of aliphatic hydroxyl groups excluding tert-OH is 1. The molecule has 0 amide bonds. The van der Waals surface area contributed by atoms with Crippen LogP contribution in [0.2, 0.25) is 0 Å². The summed E-state index contributed by atoms with van der Waals surface area (Å²) >= 11 is 0. The number of aliphatic hydroxyl groups is 1. The van der Waals surface area contributed by atoms with Gasteiger partial charge < -0.3 is 10.4 Å². The van der Waals surface area contributed by atoms with Gasteiger partial charge in [-0.05, 0) is 24.3 Å². The molecule has 2 heteroatoms. The zero-order valence-corrected chi connectivity index (χ0v) is 10.5. The van der Waals surface area contributed by atoms with Crippen LogP contribution in [0, 0.1) is 18.8 Å². The molecule has 1 atom stereocenters. The maximum atomic E-state index is 9.20. The molecule has 0 bridgehead atoms. The van der Waals surface area contributed by atoms with Crippen molar-refractivity contribution in [3.8, 4) is 0 Å². The molecule has 0 spiro atoms. The van der Waals surface area contributed by atoms with Gasteiger partial charge in [0.1, 0.15) is 0 Å². The van der Waals surface area contributed by atoms with E-state index in [0.717, 1.165) is 13.1 Å². The molecule has 0 aliphatic heterocycles. The third-order valence-electron chi connectivity index (χ3n) is 3.00. The lowest BCUT2D eigenvalue weighted by atomic mass is 9.97. The van der Waals surface area contributed by atoms with Crippen molar-refractivity contribution < 1.29 is 5.11 Å². The van der Waals surface area contributed by atoms with E-state index >= 15 is 0 Å². The molecule has 0 saturated carbocycles. The van der Waals surface area contributed by atoms with Crippen LogP contribution in [0.3, 0.4) is 0 Å². The van der Waals surface area contributed by atoms with E-state index in [1.807, 2.05) is 0 Å². The topological polar surface area (TPSA) is 32.3 Å². The van der Waals surface area contributed by atoms with Crippen molar-refractivity contribution in [1.29, 1.82) is 0 Å². The predicted molar refractivity (Wildman–Crippen MR) is 68.3 cm³/mol. The van der Waals surface area contributed by atoms with Crippen LogP contribution in [0.5, 0.6) is 0 Å². The highest BCUT2D eigenvalue weighted by atomic mass is 16.3. The largest absolute Gasteiger partial charge is 0.396 e. The smallest absolute Gasteiger partial charge is 0.0473 e. The van der Waals surface area contributed by atoms with E-state index in [9.17, 15) is 5.11 Å². The van der Waals surface area contributed by atoms with Crippen LogP contribution in [0.15, 0.2) is 24.3 Å². The molecule has 0 aromatic heterocycles. The SMILES string of the molecule is Cc1cccc(CNCC(CO)C(C)C)c1. The van der Waals surface area contributed by atoms with Gasteiger partial charge in [0.05, 0.1) is 0 Å². The summed E-state index contributed by atoms with van der Waals surface area (Å²) in [5, 5.41) is 12.6. The summed E-state index contributed by atoms with van der Waals surface area (Å²) < 4.78 is 0. The van der Waals surface area contributed by atoms with Crippen molar-refractivity contribution in [2.75, 3.05) is 13.2 Å². The highest BCUT2D eigenvalue weighted by molar-refractivity contribution is 5.21. The Morgan fingerprint density at radius 2 is 2.06 bits per heavy atom. The Kier molecular flexibility index (Phi) is 5.50. The monoisotopic (exact) mass is 221 g/mol. The van der Waals surface area contributed by atoms with Gasteiger partial charge in [0.25, 0.3) is 0 Å². The van der Waals surface area contributed by atoms with Gasteiger partial charge in [0.2, 0.25) is 0 Å². The first-order valence-corrected chi connectivity index (χ1v) is 6.00. The molecular weight excluding hydrogens is 198 g/mol. The summed E-state index contributed by atoms with van der Waals surface area (Å²) in [6.07, 6.45) is 0. The van der Waals surface area contributed by atoms with Gasteiger partial charge in [0.15, 0.2) is 0 Å². The Labute approximate surface area is 98.7 Å². The minimum atomic E-state index is 0.262. The van der Waals surface area contributed by atoms with Gasteiger partial charge in [-0.1, -0.05) is 43.7 Å². The van der Waals surface area contributed by atoms with Gasteiger partial charge in [-0.25, -0.2) is 0 Å². The molecule has 1 aromatic rings. The van der Waals surface area contributed by atoms with Crippen molar-refractivity contribution in [2.24, 2.45) is 11.8 Å². The van der Waals surface area contributed by atoms with Gasteiger partial charge in [-0.2, -0.15) is 0 Å². The quantitative estimate of drug-likeness (QED) is 0.773. The lowest BCUT2D eigenvalue weighted by molar-refractivity contribution is 0.186. The fourth-order valence-electron chi connectivity index (χ4n) is 1.74. The molecule has 2 N–H and O–H groups in total. The number of benzene rings is 1. The molecule has 2 nitrogen and oxygen atoms in total. The van der Waals surface area contributed by atoms with E-state index in [1.54, 1.807) is 0 Å². The molecule has 1 aromatic carbocycles. The minimum Gasteiger partial charge on any atom is -0.396 e.